The molecule has 1 aromatic carbocycles. The maximum atomic E-state index is 12.9. The first-order valence-electron chi connectivity index (χ1n) is 9.11. The number of aromatic nitrogens is 4. The van der Waals surface area contributed by atoms with Gasteiger partial charge in [0.25, 0.3) is 5.91 Å². The lowest BCUT2D eigenvalue weighted by Gasteiger charge is -2.04. The summed E-state index contributed by atoms with van der Waals surface area (Å²) in [5.74, 6) is -0.147. The molecule has 3 aromatic heterocycles. The number of amides is 2. The molecule has 0 saturated heterocycles. The summed E-state index contributed by atoms with van der Waals surface area (Å²) in [7, 11) is 0. The molecule has 0 fully saturated rings. The van der Waals surface area contributed by atoms with Gasteiger partial charge in [-0.3, -0.25) is 14.9 Å². The number of nitrogens with zero attached hydrogens (tertiary/aromatic N) is 4. The van der Waals surface area contributed by atoms with E-state index in [0.717, 1.165) is 17.0 Å². The van der Waals surface area contributed by atoms with Crippen LogP contribution in [0.25, 0.3) is 11.3 Å². The van der Waals surface area contributed by atoms with Crippen molar-refractivity contribution in [1.82, 2.24) is 20.3 Å². The summed E-state index contributed by atoms with van der Waals surface area (Å²) < 4.78 is 5.77. The van der Waals surface area contributed by atoms with E-state index in [0.29, 0.717) is 36.6 Å². The van der Waals surface area contributed by atoms with Crippen LogP contribution < -0.4 is 10.6 Å². The van der Waals surface area contributed by atoms with Crippen LogP contribution in [0, 0.1) is 13.8 Å². The number of nitrogens with one attached hydrogen (secondary N) is 2. The molecule has 13 heteroatoms. The van der Waals surface area contributed by atoms with Crippen LogP contribution in [0.5, 0.6) is 0 Å². The highest BCUT2D eigenvalue weighted by atomic mass is 35.5. The van der Waals surface area contributed by atoms with Gasteiger partial charge in [0, 0.05) is 10.9 Å². The lowest BCUT2D eigenvalue weighted by molar-refractivity contribution is -0.113. The number of anilines is 2. The van der Waals surface area contributed by atoms with Crippen LogP contribution in [0.15, 0.2) is 38.5 Å². The van der Waals surface area contributed by atoms with E-state index in [4.69, 9.17) is 16.1 Å². The molecule has 0 unspecified atom stereocenters. The van der Waals surface area contributed by atoms with Crippen molar-refractivity contribution in [3.05, 3.63) is 51.7 Å². The lowest BCUT2D eigenvalue weighted by Crippen LogP contribution is -2.13. The van der Waals surface area contributed by atoms with Crippen molar-refractivity contribution in [2.45, 2.75) is 18.2 Å². The summed E-state index contributed by atoms with van der Waals surface area (Å²) in [6.07, 6.45) is 0. The molecule has 0 atom stereocenters. The lowest BCUT2D eigenvalue weighted by atomic mass is 10.1. The van der Waals surface area contributed by atoms with Gasteiger partial charge in [-0.15, -0.1) is 21.5 Å². The van der Waals surface area contributed by atoms with Crippen molar-refractivity contribution in [2.24, 2.45) is 0 Å². The topological polar surface area (TPSA) is 123 Å². The molecule has 164 valence electrons. The van der Waals surface area contributed by atoms with Gasteiger partial charge in [0.1, 0.15) is 17.0 Å². The Morgan fingerprint density at radius 2 is 1.97 bits per heavy atom. The van der Waals surface area contributed by atoms with Gasteiger partial charge >= 0.3 is 0 Å². The van der Waals surface area contributed by atoms with Crippen molar-refractivity contribution in [2.75, 3.05) is 16.4 Å². The highest BCUT2D eigenvalue weighted by molar-refractivity contribution is 8.01. The highest BCUT2D eigenvalue weighted by Gasteiger charge is 2.24. The van der Waals surface area contributed by atoms with Crippen molar-refractivity contribution in [1.29, 1.82) is 0 Å². The van der Waals surface area contributed by atoms with Gasteiger partial charge in [0.05, 0.1) is 16.5 Å². The van der Waals surface area contributed by atoms with Gasteiger partial charge in [0.2, 0.25) is 11.0 Å². The molecule has 2 N–H and O–H groups in total. The molecule has 0 radical (unpaired) electrons. The van der Waals surface area contributed by atoms with E-state index >= 15 is 0 Å². The Kier molecular flexibility index (Phi) is 6.84. The van der Waals surface area contributed by atoms with Gasteiger partial charge < -0.3 is 9.84 Å². The van der Waals surface area contributed by atoms with Crippen LogP contribution in [0.2, 0.25) is 5.02 Å². The Labute approximate surface area is 199 Å². The van der Waals surface area contributed by atoms with E-state index in [1.165, 1.54) is 23.1 Å². The SMILES string of the molecule is Cc1csc(NC(=O)CSc2nnc(NC(=O)c3c(-c4ccccc4Cl)noc3C)s2)n1. The van der Waals surface area contributed by atoms with Crippen molar-refractivity contribution in [3.63, 3.8) is 0 Å². The summed E-state index contributed by atoms with van der Waals surface area (Å²) in [6, 6.07) is 7.06. The number of aryl methyl sites for hydroxylation is 2. The predicted molar refractivity (Wildman–Crippen MR) is 126 cm³/mol. The molecular weight excluding hydrogens is 492 g/mol. The average molecular weight is 507 g/mol. The van der Waals surface area contributed by atoms with E-state index in [1.54, 1.807) is 31.2 Å². The fraction of sp³-hybridized carbons (Fsp3) is 0.158. The number of rotatable bonds is 7. The van der Waals surface area contributed by atoms with Crippen LogP contribution in [0.3, 0.4) is 0 Å². The van der Waals surface area contributed by atoms with Crippen LogP contribution in [-0.4, -0.2) is 37.9 Å². The van der Waals surface area contributed by atoms with Crippen LogP contribution in [-0.2, 0) is 4.79 Å². The van der Waals surface area contributed by atoms with Gasteiger partial charge in [-0.1, -0.05) is 58.1 Å². The molecule has 4 aromatic rings. The zero-order chi connectivity index (χ0) is 22.7. The minimum absolute atomic E-state index is 0.141. The maximum absolute atomic E-state index is 12.9. The third kappa shape index (κ3) is 5.15. The van der Waals surface area contributed by atoms with Crippen molar-refractivity contribution >= 4 is 68.1 Å². The molecule has 4 rings (SSSR count). The smallest absolute Gasteiger partial charge is 0.263 e. The number of hydrogen-bond acceptors (Lipinski definition) is 10. The standard InChI is InChI=1S/C19H15ClN6O3S3/c1-9-7-30-17(21-9)22-13(27)8-31-19-25-24-18(32-19)23-16(28)14-10(2)29-26-15(14)11-5-3-4-6-12(11)20/h3-7H,8H2,1-2H3,(H,21,22,27)(H,23,24,28). The van der Waals surface area contributed by atoms with Crippen molar-refractivity contribution < 1.29 is 14.1 Å². The number of thiazole rings is 1. The van der Waals surface area contributed by atoms with Gasteiger partial charge in [-0.2, -0.15) is 0 Å². The minimum atomic E-state index is -0.441. The number of hydrogen-bond donors (Lipinski definition) is 2. The summed E-state index contributed by atoms with van der Waals surface area (Å²) >= 11 is 9.99. The zero-order valence-corrected chi connectivity index (χ0v) is 19.9. The number of carbonyl (C=O) groups is 2. The van der Waals surface area contributed by atoms with Crippen LogP contribution in [0.1, 0.15) is 21.8 Å². The number of benzene rings is 1. The van der Waals surface area contributed by atoms with Crippen LogP contribution in [0.4, 0.5) is 10.3 Å². The molecule has 0 aliphatic heterocycles. The summed E-state index contributed by atoms with van der Waals surface area (Å²) in [5, 5.41) is 20.6. The third-order valence-corrected chi connectivity index (χ3v) is 7.21. The maximum Gasteiger partial charge on any atom is 0.263 e. The molecule has 0 saturated carbocycles. The first-order chi connectivity index (χ1) is 15.4. The predicted octanol–water partition coefficient (Wildman–Crippen LogP) is 4.90. The molecule has 0 aliphatic rings. The Morgan fingerprint density at radius 3 is 2.72 bits per heavy atom. The Balaban J connectivity index is 1.40. The van der Waals surface area contributed by atoms with E-state index in [-0.39, 0.29) is 17.2 Å². The molecule has 2 amide bonds. The average Bonchev–Trinajstić information content (AvgIpc) is 3.47. The minimum Gasteiger partial charge on any atom is -0.360 e. The van der Waals surface area contributed by atoms with E-state index in [9.17, 15) is 9.59 Å². The quantitative estimate of drug-likeness (QED) is 0.268. The van der Waals surface area contributed by atoms with E-state index < -0.39 is 5.91 Å². The van der Waals surface area contributed by atoms with Crippen LogP contribution >= 0.6 is 46.0 Å². The fourth-order valence-corrected chi connectivity index (χ4v) is 5.13. The zero-order valence-electron chi connectivity index (χ0n) is 16.7. The first-order valence-corrected chi connectivity index (χ1v) is 12.2. The molecule has 3 heterocycles. The van der Waals surface area contributed by atoms with Gasteiger partial charge in [0.15, 0.2) is 9.47 Å². The Hall–Kier alpha value is -2.80. The van der Waals surface area contributed by atoms with E-state index in [2.05, 4.69) is 31.0 Å². The molecule has 0 spiro atoms. The molecule has 32 heavy (non-hydrogen) atoms. The van der Waals surface area contributed by atoms with Crippen molar-refractivity contribution in [3.8, 4) is 11.3 Å². The highest BCUT2D eigenvalue weighted by Crippen LogP contribution is 2.32. The van der Waals surface area contributed by atoms with Gasteiger partial charge in [-0.05, 0) is 19.9 Å². The number of thioether (sulfide) groups is 1. The molecule has 9 nitrogen and oxygen atoms in total. The first kappa shape index (κ1) is 22.4. The monoisotopic (exact) mass is 506 g/mol. The normalized spacial score (nSPS) is 10.8. The fourth-order valence-electron chi connectivity index (χ4n) is 2.65. The Morgan fingerprint density at radius 1 is 1.16 bits per heavy atom. The third-order valence-electron chi connectivity index (χ3n) is 4.04. The second-order valence-corrected chi connectivity index (χ2v) is 9.87. The number of halogens is 1. The molecule has 0 aliphatic carbocycles. The number of carbonyl (C=O) groups excluding carboxylic acids is 2. The molecule has 0 bridgehead atoms. The van der Waals surface area contributed by atoms with E-state index in [1.807, 2.05) is 12.3 Å². The largest absolute Gasteiger partial charge is 0.360 e. The summed E-state index contributed by atoms with van der Waals surface area (Å²) in [6.45, 7) is 3.50. The second-order valence-electron chi connectivity index (χ2n) is 6.40. The molecular formula is C19H15ClN6O3S3. The summed E-state index contributed by atoms with van der Waals surface area (Å²) in [5.41, 5.74) is 2.05. The Bertz CT molecular complexity index is 1280. The summed E-state index contributed by atoms with van der Waals surface area (Å²) in [4.78, 5) is 29.1. The second kappa shape index (κ2) is 9.77. The van der Waals surface area contributed by atoms with Gasteiger partial charge in [-0.25, -0.2) is 4.98 Å².